The van der Waals surface area contributed by atoms with E-state index in [1.807, 2.05) is 0 Å². The molecule has 0 aliphatic carbocycles. The molecule has 0 heterocycles. The van der Waals surface area contributed by atoms with Gasteiger partial charge in [-0.3, -0.25) is 4.90 Å². The van der Waals surface area contributed by atoms with E-state index in [0.29, 0.717) is 5.92 Å². The van der Waals surface area contributed by atoms with E-state index in [2.05, 4.69) is 92.4 Å². The van der Waals surface area contributed by atoms with Crippen LogP contribution in [0.4, 0.5) is 0 Å². The smallest absolute Gasteiger partial charge is 0.0237 e. The van der Waals surface area contributed by atoms with E-state index < -0.39 is 0 Å². The van der Waals surface area contributed by atoms with Crippen LogP contribution in [0.1, 0.15) is 49.8 Å². The van der Waals surface area contributed by atoms with Crippen molar-refractivity contribution < 1.29 is 0 Å². The van der Waals surface area contributed by atoms with E-state index in [4.69, 9.17) is 0 Å². The average Bonchev–Trinajstić information content (AvgIpc) is 2.56. The van der Waals surface area contributed by atoms with Crippen LogP contribution in [0.15, 0.2) is 60.7 Å². The van der Waals surface area contributed by atoms with Gasteiger partial charge in [-0.2, -0.15) is 0 Å². The van der Waals surface area contributed by atoms with Gasteiger partial charge in [0.2, 0.25) is 0 Å². The Morgan fingerprint density at radius 3 is 2.48 bits per heavy atom. The fourth-order valence-corrected chi connectivity index (χ4v) is 2.75. The molecule has 0 bridgehead atoms. The molecule has 0 N–H and O–H groups in total. The van der Waals surface area contributed by atoms with Crippen molar-refractivity contribution in [2.45, 2.75) is 39.7 Å². The summed E-state index contributed by atoms with van der Waals surface area (Å²) in [4.78, 5) is 2.50. The summed E-state index contributed by atoms with van der Waals surface area (Å²) in [5, 5.41) is 0. The number of hydrogen-bond donors (Lipinski definition) is 0. The van der Waals surface area contributed by atoms with Gasteiger partial charge in [-0.25, -0.2) is 0 Å². The Morgan fingerprint density at radius 1 is 1.00 bits per heavy atom. The summed E-state index contributed by atoms with van der Waals surface area (Å²) in [7, 11) is 0. The maximum absolute atomic E-state index is 2.50. The molecule has 0 atom stereocenters. The van der Waals surface area contributed by atoms with Crippen molar-refractivity contribution in [2.24, 2.45) is 0 Å². The Kier molecular flexibility index (Phi) is 7.09. The lowest BCUT2D eigenvalue weighted by atomic mass is 10.0. The molecule has 0 saturated heterocycles. The zero-order valence-electron chi connectivity index (χ0n) is 14.7. The molecule has 0 aliphatic heterocycles. The normalized spacial score (nSPS) is 11.7. The molecule has 2 aromatic rings. The summed E-state index contributed by atoms with van der Waals surface area (Å²) >= 11 is 0. The zero-order chi connectivity index (χ0) is 16.5. The third-order valence-corrected chi connectivity index (χ3v) is 4.04. The van der Waals surface area contributed by atoms with Crippen molar-refractivity contribution in [3.63, 3.8) is 0 Å². The van der Waals surface area contributed by atoms with Gasteiger partial charge in [0.25, 0.3) is 0 Å². The Bertz CT molecular complexity index is 598. The van der Waals surface area contributed by atoms with Gasteiger partial charge in [-0.1, -0.05) is 87.5 Å². The van der Waals surface area contributed by atoms with Crippen molar-refractivity contribution >= 4 is 6.08 Å². The molecule has 0 amide bonds. The summed E-state index contributed by atoms with van der Waals surface area (Å²) in [6.45, 7) is 9.87. The minimum Gasteiger partial charge on any atom is -0.295 e. The monoisotopic (exact) mass is 307 g/mol. The van der Waals surface area contributed by atoms with Gasteiger partial charge in [-0.05, 0) is 35.6 Å². The number of nitrogens with zero attached hydrogens (tertiary/aromatic N) is 1. The lowest BCUT2D eigenvalue weighted by Gasteiger charge is -2.20. The van der Waals surface area contributed by atoms with Crippen LogP contribution in [0.3, 0.4) is 0 Å². The Balaban J connectivity index is 1.96. The molecule has 1 nitrogen and oxygen atoms in total. The molecule has 122 valence electrons. The first kappa shape index (κ1) is 17.5. The first-order chi connectivity index (χ1) is 11.2. The van der Waals surface area contributed by atoms with Crippen LogP contribution in [-0.2, 0) is 6.54 Å². The van der Waals surface area contributed by atoms with Crippen molar-refractivity contribution in [1.82, 2.24) is 4.90 Å². The largest absolute Gasteiger partial charge is 0.295 e. The Labute approximate surface area is 141 Å². The van der Waals surface area contributed by atoms with Gasteiger partial charge < -0.3 is 0 Å². The lowest BCUT2D eigenvalue weighted by molar-refractivity contribution is 0.295. The SMILES string of the molecule is CCCN(C/C=C/c1cccc(C(C)C)c1)Cc1ccccc1. The van der Waals surface area contributed by atoms with Crippen LogP contribution >= 0.6 is 0 Å². The van der Waals surface area contributed by atoms with Gasteiger partial charge in [0.1, 0.15) is 0 Å². The molecule has 0 aliphatic rings. The van der Waals surface area contributed by atoms with Crippen LogP contribution in [0.5, 0.6) is 0 Å². The van der Waals surface area contributed by atoms with Crippen LogP contribution in [-0.4, -0.2) is 18.0 Å². The van der Waals surface area contributed by atoms with Crippen LogP contribution in [0.25, 0.3) is 6.08 Å². The molecular weight excluding hydrogens is 278 g/mol. The molecule has 0 unspecified atom stereocenters. The molecule has 0 radical (unpaired) electrons. The summed E-state index contributed by atoms with van der Waals surface area (Å²) in [6.07, 6.45) is 5.72. The molecule has 0 saturated carbocycles. The molecule has 2 aromatic carbocycles. The first-order valence-corrected chi connectivity index (χ1v) is 8.72. The second kappa shape index (κ2) is 9.32. The Morgan fingerprint density at radius 2 is 1.78 bits per heavy atom. The predicted molar refractivity (Wildman–Crippen MR) is 102 cm³/mol. The highest BCUT2D eigenvalue weighted by atomic mass is 15.1. The number of benzene rings is 2. The van der Waals surface area contributed by atoms with Crippen LogP contribution in [0, 0.1) is 0 Å². The van der Waals surface area contributed by atoms with Crippen LogP contribution < -0.4 is 0 Å². The van der Waals surface area contributed by atoms with Gasteiger partial charge in [-0.15, -0.1) is 0 Å². The Hall–Kier alpha value is -1.86. The quantitative estimate of drug-likeness (QED) is 0.601. The third kappa shape index (κ3) is 6.03. The first-order valence-electron chi connectivity index (χ1n) is 8.72. The zero-order valence-corrected chi connectivity index (χ0v) is 14.7. The fourth-order valence-electron chi connectivity index (χ4n) is 2.75. The summed E-state index contributed by atoms with van der Waals surface area (Å²) in [6, 6.07) is 19.6. The van der Waals surface area contributed by atoms with E-state index in [0.717, 1.165) is 19.6 Å². The van der Waals surface area contributed by atoms with Crippen molar-refractivity contribution in [2.75, 3.05) is 13.1 Å². The molecule has 0 spiro atoms. The van der Waals surface area contributed by atoms with Gasteiger partial charge in [0.15, 0.2) is 0 Å². The van der Waals surface area contributed by atoms with Crippen LogP contribution in [0.2, 0.25) is 0 Å². The second-order valence-electron chi connectivity index (χ2n) is 6.45. The van der Waals surface area contributed by atoms with E-state index >= 15 is 0 Å². The molecule has 1 heteroatoms. The summed E-state index contributed by atoms with van der Waals surface area (Å²) < 4.78 is 0. The van der Waals surface area contributed by atoms with E-state index in [9.17, 15) is 0 Å². The number of hydrogen-bond acceptors (Lipinski definition) is 1. The van der Waals surface area contributed by atoms with E-state index in [-0.39, 0.29) is 0 Å². The molecular formula is C22H29N. The molecule has 0 aromatic heterocycles. The highest BCUT2D eigenvalue weighted by Gasteiger charge is 2.03. The van der Waals surface area contributed by atoms with E-state index in [1.54, 1.807) is 0 Å². The summed E-state index contributed by atoms with van der Waals surface area (Å²) in [5.74, 6) is 0.582. The highest BCUT2D eigenvalue weighted by molar-refractivity contribution is 5.50. The van der Waals surface area contributed by atoms with Gasteiger partial charge in [0.05, 0.1) is 0 Å². The van der Waals surface area contributed by atoms with Gasteiger partial charge >= 0.3 is 0 Å². The number of rotatable bonds is 8. The standard InChI is InChI=1S/C22H29N/c1-4-15-23(18-21-10-6-5-7-11-21)16-9-13-20-12-8-14-22(17-20)19(2)3/h5-14,17,19H,4,15-16,18H2,1-3H3/b13-9+. The van der Waals surface area contributed by atoms with Crippen molar-refractivity contribution in [3.05, 3.63) is 77.4 Å². The molecule has 23 heavy (non-hydrogen) atoms. The predicted octanol–water partition coefficient (Wildman–Crippen LogP) is 5.74. The lowest BCUT2D eigenvalue weighted by Crippen LogP contribution is -2.24. The maximum atomic E-state index is 2.50. The third-order valence-electron chi connectivity index (χ3n) is 4.04. The minimum atomic E-state index is 0.582. The van der Waals surface area contributed by atoms with Gasteiger partial charge in [0, 0.05) is 13.1 Å². The maximum Gasteiger partial charge on any atom is 0.0237 e. The second-order valence-corrected chi connectivity index (χ2v) is 6.45. The minimum absolute atomic E-state index is 0.582. The molecule has 0 fully saturated rings. The molecule has 2 rings (SSSR count). The van der Waals surface area contributed by atoms with Crippen molar-refractivity contribution in [3.8, 4) is 0 Å². The van der Waals surface area contributed by atoms with E-state index in [1.165, 1.54) is 23.1 Å². The topological polar surface area (TPSA) is 3.24 Å². The van der Waals surface area contributed by atoms with Crippen molar-refractivity contribution in [1.29, 1.82) is 0 Å². The highest BCUT2D eigenvalue weighted by Crippen LogP contribution is 2.16. The summed E-state index contributed by atoms with van der Waals surface area (Å²) in [5.41, 5.74) is 4.09. The fraction of sp³-hybridized carbons (Fsp3) is 0.364. The average molecular weight is 307 g/mol.